The molecule has 0 radical (unpaired) electrons. The molecule has 2 amide bonds. The van der Waals surface area contributed by atoms with Crippen molar-refractivity contribution in [2.45, 2.75) is 38.6 Å². The normalized spacial score (nSPS) is 18.7. The molecule has 194 valence electrons. The third-order valence-electron chi connectivity index (χ3n) is 7.43. The van der Waals surface area contributed by atoms with Gasteiger partial charge in [-0.25, -0.2) is 4.79 Å². The first-order valence-corrected chi connectivity index (χ1v) is 12.6. The summed E-state index contributed by atoms with van der Waals surface area (Å²) in [6.07, 6.45) is -0.524. The van der Waals surface area contributed by atoms with Crippen LogP contribution in [0, 0.1) is 0 Å². The first kappa shape index (κ1) is 23.8. The second kappa shape index (κ2) is 9.09. The maximum atomic E-state index is 13.5. The molecule has 9 nitrogen and oxygen atoms in total. The van der Waals surface area contributed by atoms with Crippen molar-refractivity contribution in [2.24, 2.45) is 0 Å². The Hall–Kier alpha value is -4.53. The molecule has 2 aliphatic heterocycles. The number of fused-ring (bicyclic) bond motifs is 4. The summed E-state index contributed by atoms with van der Waals surface area (Å²) in [4.78, 5) is 40.7. The summed E-state index contributed by atoms with van der Waals surface area (Å²) >= 11 is 0. The van der Waals surface area contributed by atoms with Crippen LogP contribution >= 0.6 is 0 Å². The third-order valence-corrected chi connectivity index (χ3v) is 7.43. The van der Waals surface area contributed by atoms with Crippen LogP contribution < -0.4 is 14.8 Å². The lowest BCUT2D eigenvalue weighted by atomic mass is 10.0. The van der Waals surface area contributed by atoms with Crippen LogP contribution in [0.15, 0.2) is 54.6 Å². The number of benzene rings is 3. The Morgan fingerprint density at radius 3 is 2.58 bits per heavy atom. The number of carbonyl (C=O) groups excluding carboxylic acids is 3. The fourth-order valence-electron chi connectivity index (χ4n) is 5.74. The van der Waals surface area contributed by atoms with Crippen molar-refractivity contribution in [2.75, 3.05) is 19.5 Å². The molecule has 38 heavy (non-hydrogen) atoms. The standard InChI is InChI=1S/C29H27N3O6/c1-4-31-20-8-6-5-7-17(20)19-15-16(9-11-21(19)31)30-27(34)22-12-14-24(33)32(22)28-18-10-13-23(36-2)26(37-3)25(18)29(35)38-28/h5-11,13,15,22,28H,4,12,14H2,1-3H3,(H,30,34)/t22-,28-/m1/s1. The van der Waals surface area contributed by atoms with Gasteiger partial charge in [0.25, 0.3) is 0 Å². The summed E-state index contributed by atoms with van der Waals surface area (Å²) in [6.45, 7) is 2.93. The molecule has 1 N–H and O–H groups in total. The van der Waals surface area contributed by atoms with Gasteiger partial charge in [0.1, 0.15) is 11.6 Å². The van der Waals surface area contributed by atoms with E-state index in [4.69, 9.17) is 14.2 Å². The zero-order valence-corrected chi connectivity index (χ0v) is 21.3. The van der Waals surface area contributed by atoms with Gasteiger partial charge < -0.3 is 24.1 Å². The molecule has 1 aromatic heterocycles. The summed E-state index contributed by atoms with van der Waals surface area (Å²) in [5.41, 5.74) is 3.53. The van der Waals surface area contributed by atoms with Crippen LogP contribution in [0.25, 0.3) is 21.8 Å². The van der Waals surface area contributed by atoms with Gasteiger partial charge in [-0.05, 0) is 49.7 Å². The van der Waals surface area contributed by atoms with Gasteiger partial charge >= 0.3 is 5.97 Å². The number of likely N-dealkylation sites (tertiary alicyclic amines) is 1. The molecule has 0 aliphatic carbocycles. The molecule has 0 saturated carbocycles. The van der Waals surface area contributed by atoms with Gasteiger partial charge in [0, 0.05) is 46.0 Å². The van der Waals surface area contributed by atoms with E-state index in [1.54, 1.807) is 12.1 Å². The van der Waals surface area contributed by atoms with E-state index in [1.807, 2.05) is 30.3 Å². The number of hydrogen-bond donors (Lipinski definition) is 1. The molecular weight excluding hydrogens is 486 g/mol. The Labute approximate surface area is 218 Å². The molecule has 0 bridgehead atoms. The Morgan fingerprint density at radius 1 is 1.03 bits per heavy atom. The third kappa shape index (κ3) is 3.49. The molecule has 1 saturated heterocycles. The van der Waals surface area contributed by atoms with E-state index >= 15 is 0 Å². The first-order chi connectivity index (χ1) is 18.5. The Bertz CT molecular complexity index is 1620. The number of nitrogens with one attached hydrogen (secondary N) is 1. The number of aromatic nitrogens is 1. The molecule has 9 heteroatoms. The van der Waals surface area contributed by atoms with Crippen LogP contribution in [0.2, 0.25) is 0 Å². The number of cyclic esters (lactones) is 1. The molecule has 6 rings (SSSR count). The van der Waals surface area contributed by atoms with Gasteiger partial charge in [-0.1, -0.05) is 18.2 Å². The fraction of sp³-hybridized carbons (Fsp3) is 0.276. The van der Waals surface area contributed by atoms with Gasteiger partial charge in [0.2, 0.25) is 18.0 Å². The molecule has 0 spiro atoms. The molecular formula is C29H27N3O6. The fourth-order valence-corrected chi connectivity index (χ4v) is 5.74. The zero-order chi connectivity index (χ0) is 26.6. The van der Waals surface area contributed by atoms with Gasteiger partial charge in [0.15, 0.2) is 11.5 Å². The zero-order valence-electron chi connectivity index (χ0n) is 21.3. The average molecular weight is 514 g/mol. The molecule has 1 fully saturated rings. The Morgan fingerprint density at radius 2 is 1.82 bits per heavy atom. The van der Waals surface area contributed by atoms with E-state index < -0.39 is 18.2 Å². The van der Waals surface area contributed by atoms with Crippen molar-refractivity contribution in [3.63, 3.8) is 0 Å². The highest BCUT2D eigenvalue weighted by molar-refractivity contribution is 6.10. The number of amides is 2. The highest BCUT2D eigenvalue weighted by atomic mass is 16.6. The van der Waals surface area contributed by atoms with Crippen molar-refractivity contribution < 1.29 is 28.6 Å². The minimum Gasteiger partial charge on any atom is -0.493 e. The number of aryl methyl sites for hydroxylation is 1. The van der Waals surface area contributed by atoms with Crippen molar-refractivity contribution in [1.82, 2.24) is 9.47 Å². The van der Waals surface area contributed by atoms with Crippen LogP contribution in [-0.4, -0.2) is 47.5 Å². The van der Waals surface area contributed by atoms with Crippen LogP contribution in [0.1, 0.15) is 41.9 Å². The molecule has 2 aliphatic rings. The van der Waals surface area contributed by atoms with Gasteiger partial charge in [-0.2, -0.15) is 0 Å². The second-order valence-electron chi connectivity index (χ2n) is 9.36. The van der Waals surface area contributed by atoms with Crippen LogP contribution in [-0.2, 0) is 20.9 Å². The quantitative estimate of drug-likeness (QED) is 0.378. The van der Waals surface area contributed by atoms with Crippen molar-refractivity contribution in [1.29, 1.82) is 0 Å². The lowest BCUT2D eigenvalue weighted by Gasteiger charge is -2.29. The van der Waals surface area contributed by atoms with Gasteiger partial charge in [0.05, 0.1) is 14.2 Å². The highest BCUT2D eigenvalue weighted by Crippen LogP contribution is 2.45. The Kier molecular flexibility index (Phi) is 5.71. The lowest BCUT2D eigenvalue weighted by Crippen LogP contribution is -2.43. The minimum atomic E-state index is -1.02. The van der Waals surface area contributed by atoms with Crippen molar-refractivity contribution in [3.8, 4) is 11.5 Å². The highest BCUT2D eigenvalue weighted by Gasteiger charge is 2.47. The van der Waals surface area contributed by atoms with E-state index in [-0.39, 0.29) is 29.5 Å². The van der Waals surface area contributed by atoms with Crippen molar-refractivity contribution in [3.05, 3.63) is 65.7 Å². The number of ether oxygens (including phenoxy) is 3. The van der Waals surface area contributed by atoms with Gasteiger partial charge in [-0.15, -0.1) is 0 Å². The SMILES string of the molecule is CCn1c2ccccc2c2cc(NC(=O)[C@H]3CCC(=O)N3[C@@H]3OC(=O)c4c3ccc(OC)c4OC)ccc21. The van der Waals surface area contributed by atoms with Crippen LogP contribution in [0.4, 0.5) is 5.69 Å². The summed E-state index contributed by atoms with van der Waals surface area (Å²) in [7, 11) is 2.91. The van der Waals surface area contributed by atoms with E-state index in [9.17, 15) is 14.4 Å². The number of para-hydroxylation sites is 1. The number of hydrogen-bond acceptors (Lipinski definition) is 6. The van der Waals surface area contributed by atoms with Crippen molar-refractivity contribution >= 4 is 45.3 Å². The van der Waals surface area contributed by atoms with E-state index in [2.05, 4.69) is 28.9 Å². The Balaban J connectivity index is 1.32. The topological polar surface area (TPSA) is 99.1 Å². The predicted molar refractivity (Wildman–Crippen MR) is 141 cm³/mol. The second-order valence-corrected chi connectivity index (χ2v) is 9.36. The molecule has 3 heterocycles. The average Bonchev–Trinajstić information content (AvgIpc) is 3.58. The minimum absolute atomic E-state index is 0.178. The predicted octanol–water partition coefficient (Wildman–Crippen LogP) is 4.63. The van der Waals surface area contributed by atoms with E-state index in [0.717, 1.165) is 28.4 Å². The maximum absolute atomic E-state index is 13.5. The number of nitrogens with zero attached hydrogens (tertiary/aromatic N) is 2. The number of anilines is 1. The van der Waals surface area contributed by atoms with E-state index in [1.165, 1.54) is 19.1 Å². The van der Waals surface area contributed by atoms with Crippen LogP contribution in [0.3, 0.4) is 0 Å². The number of rotatable bonds is 6. The van der Waals surface area contributed by atoms with E-state index in [0.29, 0.717) is 23.4 Å². The molecule has 2 atom stereocenters. The largest absolute Gasteiger partial charge is 0.493 e. The number of esters is 1. The summed E-state index contributed by atoms with van der Waals surface area (Å²) in [6, 6.07) is 16.5. The maximum Gasteiger partial charge on any atom is 0.344 e. The first-order valence-electron chi connectivity index (χ1n) is 12.6. The summed E-state index contributed by atoms with van der Waals surface area (Å²) in [5.74, 6) is -0.598. The lowest BCUT2D eigenvalue weighted by molar-refractivity contribution is -0.144. The summed E-state index contributed by atoms with van der Waals surface area (Å²) in [5, 5.41) is 5.14. The molecule has 3 aromatic carbocycles. The molecule has 4 aromatic rings. The summed E-state index contributed by atoms with van der Waals surface area (Å²) < 4.78 is 18.6. The number of methoxy groups -OCH3 is 2. The number of carbonyl (C=O) groups is 3. The van der Waals surface area contributed by atoms with Gasteiger partial charge in [-0.3, -0.25) is 14.5 Å². The molecule has 0 unspecified atom stereocenters. The monoisotopic (exact) mass is 513 g/mol. The van der Waals surface area contributed by atoms with Crippen LogP contribution in [0.5, 0.6) is 11.5 Å². The smallest absolute Gasteiger partial charge is 0.344 e.